The number of hydrogen-bond donors (Lipinski definition) is 1. The molecular formula is C18H13F2N7O2. The monoisotopic (exact) mass is 397 g/mol. The first-order valence-electron chi connectivity index (χ1n) is 8.45. The Bertz CT molecular complexity index is 1210. The van der Waals surface area contributed by atoms with Crippen LogP contribution in [0.25, 0.3) is 17.2 Å². The van der Waals surface area contributed by atoms with E-state index in [4.69, 9.17) is 0 Å². The first-order chi connectivity index (χ1) is 13.9. The minimum absolute atomic E-state index is 0.0509. The van der Waals surface area contributed by atoms with Crippen LogP contribution in [-0.4, -0.2) is 29.3 Å². The summed E-state index contributed by atoms with van der Waals surface area (Å²) in [5, 5.41) is 14.3. The van der Waals surface area contributed by atoms with Crippen molar-refractivity contribution in [1.82, 2.24) is 24.3 Å². The van der Waals surface area contributed by atoms with Gasteiger partial charge in [-0.05, 0) is 31.2 Å². The molecule has 0 unspecified atom stereocenters. The van der Waals surface area contributed by atoms with Gasteiger partial charge >= 0.3 is 5.69 Å². The molecule has 4 heterocycles. The summed E-state index contributed by atoms with van der Waals surface area (Å²) in [6.45, 7) is 1.70. The molecule has 0 saturated carbocycles. The highest BCUT2D eigenvalue weighted by atomic mass is 19.1. The van der Waals surface area contributed by atoms with Gasteiger partial charge in [0.25, 0.3) is 0 Å². The maximum atomic E-state index is 13.6. The Morgan fingerprint density at radius 1 is 1.07 bits per heavy atom. The van der Waals surface area contributed by atoms with Gasteiger partial charge in [0.2, 0.25) is 5.82 Å². The molecule has 0 radical (unpaired) electrons. The summed E-state index contributed by atoms with van der Waals surface area (Å²) < 4.78 is 28.2. The second-order valence-corrected chi connectivity index (χ2v) is 6.17. The first kappa shape index (κ1) is 18.3. The zero-order valence-electron chi connectivity index (χ0n) is 15.0. The van der Waals surface area contributed by atoms with Crippen molar-refractivity contribution in [2.75, 3.05) is 5.32 Å². The van der Waals surface area contributed by atoms with E-state index in [9.17, 15) is 18.9 Å². The van der Waals surface area contributed by atoms with Crippen molar-refractivity contribution >= 4 is 17.2 Å². The molecule has 4 aromatic heterocycles. The lowest BCUT2D eigenvalue weighted by molar-refractivity contribution is -0.384. The third kappa shape index (κ3) is 3.57. The molecule has 146 valence electrons. The summed E-state index contributed by atoms with van der Waals surface area (Å²) >= 11 is 0. The smallest absolute Gasteiger partial charge is 0.329 e. The van der Waals surface area contributed by atoms with E-state index >= 15 is 0 Å². The van der Waals surface area contributed by atoms with E-state index in [2.05, 4.69) is 25.3 Å². The molecule has 0 aliphatic carbocycles. The van der Waals surface area contributed by atoms with Gasteiger partial charge in [-0.25, -0.2) is 23.7 Å². The predicted molar refractivity (Wildman–Crippen MR) is 99.1 cm³/mol. The quantitative estimate of drug-likeness (QED) is 0.405. The van der Waals surface area contributed by atoms with Gasteiger partial charge in [0.05, 0.1) is 29.1 Å². The van der Waals surface area contributed by atoms with Crippen molar-refractivity contribution in [3.05, 3.63) is 76.5 Å². The van der Waals surface area contributed by atoms with E-state index in [0.717, 1.165) is 12.4 Å². The summed E-state index contributed by atoms with van der Waals surface area (Å²) in [5.41, 5.74) is 0.965. The van der Waals surface area contributed by atoms with Crippen molar-refractivity contribution in [1.29, 1.82) is 0 Å². The van der Waals surface area contributed by atoms with Crippen LogP contribution >= 0.6 is 0 Å². The van der Waals surface area contributed by atoms with Crippen molar-refractivity contribution < 1.29 is 13.7 Å². The van der Waals surface area contributed by atoms with Crippen molar-refractivity contribution in [3.8, 4) is 11.5 Å². The number of anilines is 1. The number of pyridine rings is 2. The van der Waals surface area contributed by atoms with Gasteiger partial charge in [0.15, 0.2) is 5.82 Å². The summed E-state index contributed by atoms with van der Waals surface area (Å²) in [6, 6.07) is 4.97. The van der Waals surface area contributed by atoms with E-state index < -0.39 is 22.6 Å². The second-order valence-electron chi connectivity index (χ2n) is 6.17. The van der Waals surface area contributed by atoms with E-state index in [0.29, 0.717) is 17.0 Å². The largest absolute Gasteiger partial charge is 0.356 e. The molecule has 4 aromatic rings. The van der Waals surface area contributed by atoms with Crippen LogP contribution in [0.2, 0.25) is 0 Å². The Morgan fingerprint density at radius 2 is 1.86 bits per heavy atom. The molecule has 0 fully saturated rings. The predicted octanol–water partition coefficient (Wildman–Crippen LogP) is 3.55. The summed E-state index contributed by atoms with van der Waals surface area (Å²) in [5.74, 6) is -0.899. The highest BCUT2D eigenvalue weighted by Crippen LogP contribution is 2.28. The van der Waals surface area contributed by atoms with E-state index in [1.54, 1.807) is 6.92 Å². The number of imidazole rings is 1. The van der Waals surface area contributed by atoms with Gasteiger partial charge in [-0.2, -0.15) is 0 Å². The Morgan fingerprint density at radius 3 is 2.59 bits per heavy atom. The van der Waals surface area contributed by atoms with E-state index in [1.807, 2.05) is 0 Å². The Labute approximate surface area is 162 Å². The number of halogens is 2. The third-order valence-electron chi connectivity index (χ3n) is 4.21. The number of nitrogens with one attached hydrogen (secondary N) is 1. The van der Waals surface area contributed by atoms with Crippen LogP contribution in [0.15, 0.2) is 49.1 Å². The molecule has 0 aromatic carbocycles. The maximum Gasteiger partial charge on any atom is 0.329 e. The average molecular weight is 397 g/mol. The number of hydrogen-bond acceptors (Lipinski definition) is 7. The van der Waals surface area contributed by atoms with Gasteiger partial charge in [0.1, 0.15) is 29.2 Å². The SMILES string of the molecule is C[C@@H](Nc1nc(-c2cnc3ccc(F)cn23)ncc1[N+](=O)[O-])c1ccc(F)cn1. The van der Waals surface area contributed by atoms with Gasteiger partial charge in [-0.15, -0.1) is 0 Å². The second kappa shape index (κ2) is 7.19. The third-order valence-corrected chi connectivity index (χ3v) is 4.21. The fourth-order valence-electron chi connectivity index (χ4n) is 2.78. The number of nitrogens with zero attached hydrogens (tertiary/aromatic N) is 6. The van der Waals surface area contributed by atoms with Crippen molar-refractivity contribution in [2.45, 2.75) is 13.0 Å². The molecule has 1 atom stereocenters. The van der Waals surface area contributed by atoms with Crippen LogP contribution in [-0.2, 0) is 0 Å². The summed E-state index contributed by atoms with van der Waals surface area (Å²) in [4.78, 5) is 27.2. The molecule has 9 nitrogen and oxygen atoms in total. The molecular weight excluding hydrogens is 384 g/mol. The molecule has 4 rings (SSSR count). The summed E-state index contributed by atoms with van der Waals surface area (Å²) in [7, 11) is 0. The van der Waals surface area contributed by atoms with E-state index in [-0.39, 0.29) is 17.3 Å². The maximum absolute atomic E-state index is 13.6. The molecule has 11 heteroatoms. The molecule has 29 heavy (non-hydrogen) atoms. The van der Waals surface area contributed by atoms with Crippen molar-refractivity contribution in [2.24, 2.45) is 0 Å². The number of fused-ring (bicyclic) bond motifs is 1. The minimum atomic E-state index is -0.620. The van der Waals surface area contributed by atoms with Crippen LogP contribution in [0.5, 0.6) is 0 Å². The Balaban J connectivity index is 1.75. The minimum Gasteiger partial charge on any atom is -0.356 e. The molecule has 0 amide bonds. The lowest BCUT2D eigenvalue weighted by atomic mass is 10.2. The zero-order valence-corrected chi connectivity index (χ0v) is 15.0. The molecule has 0 aliphatic heterocycles. The fourth-order valence-corrected chi connectivity index (χ4v) is 2.78. The number of nitro groups is 1. The molecule has 0 bridgehead atoms. The first-order valence-corrected chi connectivity index (χ1v) is 8.45. The van der Waals surface area contributed by atoms with Crippen LogP contribution in [0.3, 0.4) is 0 Å². The van der Waals surface area contributed by atoms with Gasteiger partial charge in [0, 0.05) is 6.20 Å². The van der Waals surface area contributed by atoms with Crippen LogP contribution in [0.4, 0.5) is 20.3 Å². The standard InChI is InChI=1S/C18H13F2N7O2/c1-10(13-4-2-11(19)6-21-13)24-18-15(27(28)29)8-23-17(25-18)14-7-22-16-5-3-12(20)9-26(14)16/h2-10H,1H3,(H,23,24,25)/t10-/m1/s1. The number of rotatable bonds is 5. The molecule has 1 N–H and O–H groups in total. The summed E-state index contributed by atoms with van der Waals surface area (Å²) in [6.07, 6.45) is 4.79. The van der Waals surface area contributed by atoms with Crippen LogP contribution in [0.1, 0.15) is 18.7 Å². The normalized spacial score (nSPS) is 12.1. The average Bonchev–Trinajstić information content (AvgIpc) is 3.11. The van der Waals surface area contributed by atoms with Gasteiger partial charge < -0.3 is 5.32 Å². The lowest BCUT2D eigenvalue weighted by Gasteiger charge is -2.14. The van der Waals surface area contributed by atoms with Crippen LogP contribution < -0.4 is 5.32 Å². The van der Waals surface area contributed by atoms with Crippen LogP contribution in [0, 0.1) is 21.7 Å². The topological polar surface area (TPSA) is 111 Å². The van der Waals surface area contributed by atoms with Crippen molar-refractivity contribution in [3.63, 3.8) is 0 Å². The highest BCUT2D eigenvalue weighted by molar-refractivity contribution is 5.63. The Kier molecular flexibility index (Phi) is 4.55. The fraction of sp³-hybridized carbons (Fsp3) is 0.111. The molecule has 0 saturated heterocycles. The molecule has 0 aliphatic rings. The zero-order chi connectivity index (χ0) is 20.5. The van der Waals surface area contributed by atoms with Gasteiger partial charge in [-0.1, -0.05) is 0 Å². The molecule has 0 spiro atoms. The Hall–Kier alpha value is -4.02. The highest BCUT2D eigenvalue weighted by Gasteiger charge is 2.21. The van der Waals surface area contributed by atoms with Gasteiger partial charge in [-0.3, -0.25) is 19.5 Å². The number of aromatic nitrogens is 5. The lowest BCUT2D eigenvalue weighted by Crippen LogP contribution is -2.12. The van der Waals surface area contributed by atoms with E-state index in [1.165, 1.54) is 41.1 Å².